The second-order valence-corrected chi connectivity index (χ2v) is 6.41. The Morgan fingerprint density at radius 1 is 1.27 bits per heavy atom. The van der Waals surface area contributed by atoms with E-state index in [1.165, 1.54) is 0 Å². The smallest absolute Gasteiger partial charge is 0.252 e. The highest BCUT2D eigenvalue weighted by Crippen LogP contribution is 2.25. The Morgan fingerprint density at radius 3 is 2.46 bits per heavy atom. The van der Waals surface area contributed by atoms with Crippen molar-refractivity contribution in [1.29, 1.82) is 0 Å². The van der Waals surface area contributed by atoms with Gasteiger partial charge in [0.25, 0.3) is 5.91 Å². The molecule has 1 aromatic carbocycles. The molecule has 0 spiro atoms. The summed E-state index contributed by atoms with van der Waals surface area (Å²) in [5.41, 5.74) is 0.396. The largest absolute Gasteiger partial charge is 0.497 e. The summed E-state index contributed by atoms with van der Waals surface area (Å²) in [6.07, 6.45) is 1.39. The Morgan fingerprint density at radius 2 is 1.92 bits per heavy atom. The van der Waals surface area contributed by atoms with Gasteiger partial charge in [0.2, 0.25) is 0 Å². The molecule has 2 rings (SSSR count). The highest BCUT2D eigenvalue weighted by Gasteiger charge is 2.39. The average Bonchev–Trinajstić information content (AvgIpc) is 2.62. The lowest BCUT2D eigenvalue weighted by Crippen LogP contribution is -2.55. The number of rotatable bonds is 7. The summed E-state index contributed by atoms with van der Waals surface area (Å²) in [7, 11) is 7.29. The number of carbonyl (C=O) groups excluding carboxylic acids is 1. The molecule has 0 bridgehead atoms. The van der Waals surface area contributed by atoms with Crippen LogP contribution >= 0.6 is 24.8 Å². The van der Waals surface area contributed by atoms with E-state index in [2.05, 4.69) is 21.6 Å². The van der Waals surface area contributed by atoms with Gasteiger partial charge in [0.05, 0.1) is 13.2 Å². The predicted molar refractivity (Wildman–Crippen MR) is 109 cm³/mol. The Balaban J connectivity index is 0.00000312. The minimum atomic E-state index is -0.712. The summed E-state index contributed by atoms with van der Waals surface area (Å²) in [6.45, 7) is 2.13. The third-order valence-electron chi connectivity index (χ3n) is 4.77. The molecule has 0 radical (unpaired) electrons. The van der Waals surface area contributed by atoms with Gasteiger partial charge >= 0.3 is 0 Å². The number of halogens is 2. The molecule has 1 saturated heterocycles. The van der Waals surface area contributed by atoms with Gasteiger partial charge in [-0.25, -0.2) is 0 Å². The zero-order valence-corrected chi connectivity index (χ0v) is 17.5. The van der Waals surface area contributed by atoms with Gasteiger partial charge in [-0.3, -0.25) is 4.79 Å². The van der Waals surface area contributed by atoms with Crippen LogP contribution in [0.15, 0.2) is 24.3 Å². The van der Waals surface area contributed by atoms with Crippen LogP contribution in [0.3, 0.4) is 0 Å². The van der Waals surface area contributed by atoms with Crippen molar-refractivity contribution < 1.29 is 14.3 Å². The van der Waals surface area contributed by atoms with E-state index in [-0.39, 0.29) is 36.8 Å². The molecule has 150 valence electrons. The van der Waals surface area contributed by atoms with Crippen LogP contribution in [0.2, 0.25) is 0 Å². The Bertz CT molecular complexity index is 552. The number of likely N-dealkylation sites (N-methyl/N-ethyl adjacent to an activating group) is 1. The van der Waals surface area contributed by atoms with Crippen molar-refractivity contribution in [2.75, 3.05) is 47.9 Å². The zero-order valence-electron chi connectivity index (χ0n) is 15.9. The predicted octanol–water partition coefficient (Wildman–Crippen LogP) is 2.03. The van der Waals surface area contributed by atoms with Gasteiger partial charge in [-0.15, -0.1) is 24.8 Å². The lowest BCUT2D eigenvalue weighted by Gasteiger charge is -2.35. The van der Waals surface area contributed by atoms with Gasteiger partial charge in [0, 0.05) is 13.7 Å². The van der Waals surface area contributed by atoms with Crippen LogP contribution in [0.25, 0.3) is 0 Å². The Kier molecular flexibility index (Phi) is 11.1. The quantitative estimate of drug-likeness (QED) is 0.723. The van der Waals surface area contributed by atoms with Crippen LogP contribution in [0.1, 0.15) is 24.4 Å². The van der Waals surface area contributed by atoms with E-state index in [0.29, 0.717) is 19.4 Å². The summed E-state index contributed by atoms with van der Waals surface area (Å²) in [5.74, 6) is 0.790. The average molecular weight is 408 g/mol. The van der Waals surface area contributed by atoms with E-state index in [1.54, 1.807) is 14.2 Å². The molecule has 6 nitrogen and oxygen atoms in total. The third kappa shape index (κ3) is 5.99. The van der Waals surface area contributed by atoms with E-state index in [1.807, 2.05) is 32.3 Å². The summed E-state index contributed by atoms with van der Waals surface area (Å²) in [6, 6.07) is 8.02. The molecular formula is C18H31Cl2N3O3. The van der Waals surface area contributed by atoms with E-state index < -0.39 is 5.60 Å². The highest BCUT2D eigenvalue weighted by molar-refractivity contribution is 5.86. The molecule has 0 saturated carbocycles. The SMILES string of the molecule is COc1cccc(C(CNC(=O)C2(OC)CCNCC2)N(C)C)c1.Cl.Cl. The van der Waals surface area contributed by atoms with Crippen molar-refractivity contribution in [3.05, 3.63) is 29.8 Å². The lowest BCUT2D eigenvalue weighted by molar-refractivity contribution is -0.146. The van der Waals surface area contributed by atoms with Crippen LogP contribution < -0.4 is 15.4 Å². The Labute approximate surface area is 168 Å². The van der Waals surface area contributed by atoms with Gasteiger partial charge in [-0.1, -0.05) is 12.1 Å². The fraction of sp³-hybridized carbons (Fsp3) is 0.611. The van der Waals surface area contributed by atoms with Crippen molar-refractivity contribution in [3.63, 3.8) is 0 Å². The van der Waals surface area contributed by atoms with Gasteiger partial charge in [-0.2, -0.15) is 0 Å². The number of benzene rings is 1. The Hall–Kier alpha value is -1.05. The first-order valence-electron chi connectivity index (χ1n) is 8.37. The molecule has 1 aliphatic heterocycles. The van der Waals surface area contributed by atoms with E-state index in [9.17, 15) is 4.79 Å². The third-order valence-corrected chi connectivity index (χ3v) is 4.77. The molecule has 0 aliphatic carbocycles. The molecule has 1 aromatic rings. The number of ether oxygens (including phenoxy) is 2. The van der Waals surface area contributed by atoms with Crippen LogP contribution in [-0.2, 0) is 9.53 Å². The van der Waals surface area contributed by atoms with E-state index in [0.717, 1.165) is 24.4 Å². The molecule has 1 heterocycles. The minimum Gasteiger partial charge on any atom is -0.497 e. The number of methoxy groups -OCH3 is 2. The zero-order chi connectivity index (χ0) is 17.6. The first-order chi connectivity index (χ1) is 11.5. The summed E-state index contributed by atoms with van der Waals surface area (Å²) < 4.78 is 10.9. The van der Waals surface area contributed by atoms with E-state index in [4.69, 9.17) is 9.47 Å². The first kappa shape index (κ1) is 24.9. The molecule has 1 aliphatic rings. The second-order valence-electron chi connectivity index (χ2n) is 6.41. The van der Waals surface area contributed by atoms with Crippen LogP contribution in [0.5, 0.6) is 5.75 Å². The molecule has 2 N–H and O–H groups in total. The summed E-state index contributed by atoms with van der Waals surface area (Å²) >= 11 is 0. The fourth-order valence-electron chi connectivity index (χ4n) is 3.15. The molecule has 26 heavy (non-hydrogen) atoms. The summed E-state index contributed by atoms with van der Waals surface area (Å²) in [5, 5.41) is 6.36. The van der Waals surface area contributed by atoms with Gasteiger partial charge in [-0.05, 0) is 57.7 Å². The molecule has 1 amide bonds. The monoisotopic (exact) mass is 407 g/mol. The molecule has 8 heteroatoms. The number of piperidine rings is 1. The maximum Gasteiger partial charge on any atom is 0.252 e. The van der Waals surface area contributed by atoms with E-state index >= 15 is 0 Å². The fourth-order valence-corrected chi connectivity index (χ4v) is 3.15. The summed E-state index contributed by atoms with van der Waals surface area (Å²) in [4.78, 5) is 14.8. The standard InChI is InChI=1S/C18H29N3O3.2ClH/c1-21(2)16(14-6-5-7-15(12-14)23-3)13-20-17(22)18(24-4)8-10-19-11-9-18;;/h5-7,12,16,19H,8-11,13H2,1-4H3,(H,20,22);2*1H. The number of nitrogens with one attached hydrogen (secondary N) is 2. The van der Waals surface area contributed by atoms with Gasteiger partial charge in [0.1, 0.15) is 11.4 Å². The number of hydrogen-bond donors (Lipinski definition) is 2. The van der Waals surface area contributed by atoms with Crippen LogP contribution in [0, 0.1) is 0 Å². The molecule has 1 fully saturated rings. The van der Waals surface area contributed by atoms with Crippen molar-refractivity contribution in [2.24, 2.45) is 0 Å². The topological polar surface area (TPSA) is 62.8 Å². The number of hydrogen-bond acceptors (Lipinski definition) is 5. The first-order valence-corrected chi connectivity index (χ1v) is 8.37. The van der Waals surface area contributed by atoms with Gasteiger partial charge in [0.15, 0.2) is 0 Å². The van der Waals surface area contributed by atoms with Crippen molar-refractivity contribution >= 4 is 30.7 Å². The molecule has 0 aromatic heterocycles. The number of amides is 1. The van der Waals surface area contributed by atoms with Crippen molar-refractivity contribution in [2.45, 2.75) is 24.5 Å². The number of carbonyl (C=O) groups is 1. The van der Waals surface area contributed by atoms with Crippen molar-refractivity contribution in [1.82, 2.24) is 15.5 Å². The van der Waals surface area contributed by atoms with Gasteiger partial charge < -0.3 is 25.0 Å². The lowest BCUT2D eigenvalue weighted by atomic mass is 9.91. The normalized spacial score (nSPS) is 16.8. The maximum atomic E-state index is 12.7. The molecule has 1 atom stereocenters. The number of nitrogens with zero attached hydrogens (tertiary/aromatic N) is 1. The van der Waals surface area contributed by atoms with Crippen LogP contribution in [0.4, 0.5) is 0 Å². The van der Waals surface area contributed by atoms with Crippen molar-refractivity contribution in [3.8, 4) is 5.75 Å². The minimum absolute atomic E-state index is 0. The highest BCUT2D eigenvalue weighted by atomic mass is 35.5. The maximum absolute atomic E-state index is 12.7. The second kappa shape index (κ2) is 11.6. The molecule has 1 unspecified atom stereocenters. The molecular weight excluding hydrogens is 377 g/mol. The van der Waals surface area contributed by atoms with Crippen LogP contribution in [-0.4, -0.2) is 64.4 Å².